The van der Waals surface area contributed by atoms with E-state index in [1.807, 2.05) is 0 Å². The Labute approximate surface area is 111 Å². The smallest absolute Gasteiger partial charge is 0.0594 e. The second-order valence-corrected chi connectivity index (χ2v) is 6.00. The van der Waals surface area contributed by atoms with E-state index in [1.165, 1.54) is 25.7 Å². The van der Waals surface area contributed by atoms with Crippen molar-refractivity contribution >= 4 is 0 Å². The van der Waals surface area contributed by atoms with Gasteiger partial charge in [-0.2, -0.15) is 0 Å². The van der Waals surface area contributed by atoms with Crippen molar-refractivity contribution in [3.8, 4) is 0 Å². The number of ether oxygens (including phenoxy) is 1. The first-order valence-corrected chi connectivity index (χ1v) is 7.51. The molecule has 1 saturated heterocycles. The lowest BCUT2D eigenvalue weighted by Gasteiger charge is -2.49. The molecule has 1 saturated carbocycles. The van der Waals surface area contributed by atoms with E-state index in [9.17, 15) is 0 Å². The Morgan fingerprint density at radius 3 is 2.44 bits per heavy atom. The van der Waals surface area contributed by atoms with Crippen molar-refractivity contribution < 1.29 is 4.74 Å². The van der Waals surface area contributed by atoms with E-state index in [1.54, 1.807) is 0 Å². The van der Waals surface area contributed by atoms with Gasteiger partial charge in [-0.1, -0.05) is 19.8 Å². The molecule has 0 amide bonds. The second kappa shape index (κ2) is 6.33. The molecule has 2 aliphatic rings. The highest BCUT2D eigenvalue weighted by Crippen LogP contribution is 2.36. The minimum absolute atomic E-state index is 0.160. The van der Waals surface area contributed by atoms with E-state index in [2.05, 4.69) is 24.2 Å². The Hall–Kier alpha value is -0.160. The number of rotatable bonds is 5. The molecule has 106 valence electrons. The summed E-state index contributed by atoms with van der Waals surface area (Å²) in [5.41, 5.74) is 3.31. The lowest BCUT2D eigenvalue weighted by Crippen LogP contribution is -2.65. The minimum atomic E-state index is 0.160. The summed E-state index contributed by atoms with van der Waals surface area (Å²) in [6.07, 6.45) is 6.53. The first-order valence-electron chi connectivity index (χ1n) is 7.51. The van der Waals surface area contributed by atoms with Crippen LogP contribution in [0.3, 0.4) is 0 Å². The number of nitrogens with two attached hydrogens (primary N) is 1. The average Bonchev–Trinajstić information content (AvgIpc) is 2.94. The van der Waals surface area contributed by atoms with Crippen LogP contribution in [-0.4, -0.2) is 42.8 Å². The first kappa shape index (κ1) is 14.3. The number of hydrazine groups is 1. The molecular weight excluding hydrogens is 226 g/mol. The van der Waals surface area contributed by atoms with Gasteiger partial charge in [-0.05, 0) is 32.1 Å². The van der Waals surface area contributed by atoms with Gasteiger partial charge in [0.15, 0.2) is 0 Å². The molecule has 2 fully saturated rings. The molecule has 0 aromatic heterocycles. The quantitative estimate of drug-likeness (QED) is 0.577. The Morgan fingerprint density at radius 2 is 1.94 bits per heavy atom. The van der Waals surface area contributed by atoms with Crippen LogP contribution < -0.4 is 11.3 Å². The molecule has 1 aliphatic heterocycles. The SMILES string of the molecule is CCC(C)(C(NN)C1CCCC1)N1CCOCC1. The number of hydrogen-bond donors (Lipinski definition) is 2. The fourth-order valence-corrected chi connectivity index (χ4v) is 3.83. The number of hydrogen-bond acceptors (Lipinski definition) is 4. The van der Waals surface area contributed by atoms with Gasteiger partial charge in [0.25, 0.3) is 0 Å². The molecule has 4 heteroatoms. The van der Waals surface area contributed by atoms with Gasteiger partial charge in [-0.15, -0.1) is 0 Å². The minimum Gasteiger partial charge on any atom is -0.379 e. The van der Waals surface area contributed by atoms with E-state index >= 15 is 0 Å². The van der Waals surface area contributed by atoms with Crippen LogP contribution in [0.1, 0.15) is 46.0 Å². The van der Waals surface area contributed by atoms with E-state index in [4.69, 9.17) is 10.6 Å². The third kappa shape index (κ3) is 2.72. The molecule has 2 atom stereocenters. The van der Waals surface area contributed by atoms with Crippen molar-refractivity contribution in [1.82, 2.24) is 10.3 Å². The van der Waals surface area contributed by atoms with Crippen LogP contribution in [0.2, 0.25) is 0 Å². The zero-order valence-electron chi connectivity index (χ0n) is 12.0. The summed E-state index contributed by atoms with van der Waals surface area (Å²) in [5, 5.41) is 0. The van der Waals surface area contributed by atoms with Crippen LogP contribution in [0.4, 0.5) is 0 Å². The van der Waals surface area contributed by atoms with Crippen LogP contribution in [0.5, 0.6) is 0 Å². The van der Waals surface area contributed by atoms with Crippen LogP contribution in [-0.2, 0) is 4.74 Å². The fourth-order valence-electron chi connectivity index (χ4n) is 3.83. The zero-order chi connectivity index (χ0) is 13.0. The molecule has 2 rings (SSSR count). The molecule has 1 aliphatic carbocycles. The maximum Gasteiger partial charge on any atom is 0.0594 e. The molecular formula is C14H29N3O. The van der Waals surface area contributed by atoms with Gasteiger partial charge in [-0.25, -0.2) is 0 Å². The maximum atomic E-state index is 5.91. The molecule has 18 heavy (non-hydrogen) atoms. The third-order valence-electron chi connectivity index (χ3n) is 5.17. The predicted molar refractivity (Wildman–Crippen MR) is 74.2 cm³/mol. The summed E-state index contributed by atoms with van der Waals surface area (Å²) >= 11 is 0. The van der Waals surface area contributed by atoms with Crippen molar-refractivity contribution in [2.24, 2.45) is 11.8 Å². The molecule has 1 heterocycles. The van der Waals surface area contributed by atoms with E-state index < -0.39 is 0 Å². The van der Waals surface area contributed by atoms with Crippen molar-refractivity contribution in [3.63, 3.8) is 0 Å². The lowest BCUT2D eigenvalue weighted by molar-refractivity contribution is -0.0408. The molecule has 0 aromatic carbocycles. The Morgan fingerprint density at radius 1 is 1.33 bits per heavy atom. The highest BCUT2D eigenvalue weighted by atomic mass is 16.5. The fraction of sp³-hybridized carbons (Fsp3) is 1.00. The summed E-state index contributed by atoms with van der Waals surface area (Å²) in [4.78, 5) is 2.58. The molecule has 0 radical (unpaired) electrons. The number of nitrogens with one attached hydrogen (secondary N) is 1. The average molecular weight is 255 g/mol. The Bertz CT molecular complexity index is 249. The van der Waals surface area contributed by atoms with E-state index in [0.717, 1.165) is 38.6 Å². The van der Waals surface area contributed by atoms with Gasteiger partial charge in [0.05, 0.1) is 13.2 Å². The van der Waals surface area contributed by atoms with Crippen LogP contribution >= 0.6 is 0 Å². The van der Waals surface area contributed by atoms with Gasteiger partial charge in [-0.3, -0.25) is 16.2 Å². The normalized spacial score (nSPS) is 28.2. The summed E-state index contributed by atoms with van der Waals surface area (Å²) in [7, 11) is 0. The van der Waals surface area contributed by atoms with E-state index in [0.29, 0.717) is 6.04 Å². The summed E-state index contributed by atoms with van der Waals surface area (Å²) in [5.74, 6) is 6.65. The maximum absolute atomic E-state index is 5.91. The monoisotopic (exact) mass is 255 g/mol. The zero-order valence-corrected chi connectivity index (χ0v) is 12.0. The molecule has 2 unspecified atom stereocenters. The standard InChI is InChI=1S/C14H29N3O/c1-3-14(2,17-8-10-18-11-9-17)13(16-15)12-6-4-5-7-12/h12-13,16H,3-11,15H2,1-2H3. The third-order valence-corrected chi connectivity index (χ3v) is 5.17. The number of morpholine rings is 1. The molecule has 3 N–H and O–H groups in total. The topological polar surface area (TPSA) is 50.5 Å². The molecule has 0 bridgehead atoms. The van der Waals surface area contributed by atoms with E-state index in [-0.39, 0.29) is 5.54 Å². The van der Waals surface area contributed by atoms with Gasteiger partial charge in [0.1, 0.15) is 0 Å². The van der Waals surface area contributed by atoms with Gasteiger partial charge in [0.2, 0.25) is 0 Å². The molecule has 4 nitrogen and oxygen atoms in total. The highest BCUT2D eigenvalue weighted by Gasteiger charge is 2.42. The second-order valence-electron chi connectivity index (χ2n) is 6.00. The summed E-state index contributed by atoms with van der Waals surface area (Å²) in [6, 6.07) is 0.406. The summed E-state index contributed by atoms with van der Waals surface area (Å²) < 4.78 is 5.48. The van der Waals surface area contributed by atoms with Crippen molar-refractivity contribution in [2.75, 3.05) is 26.3 Å². The highest BCUT2D eigenvalue weighted by molar-refractivity contribution is 5.00. The van der Waals surface area contributed by atoms with Crippen molar-refractivity contribution in [1.29, 1.82) is 0 Å². The molecule has 0 aromatic rings. The van der Waals surface area contributed by atoms with Crippen LogP contribution in [0.15, 0.2) is 0 Å². The van der Waals surface area contributed by atoms with Crippen LogP contribution in [0, 0.1) is 5.92 Å². The van der Waals surface area contributed by atoms with Crippen molar-refractivity contribution in [3.05, 3.63) is 0 Å². The van der Waals surface area contributed by atoms with Gasteiger partial charge < -0.3 is 4.74 Å². The Kier molecular flexibility index (Phi) is 5.01. The first-order chi connectivity index (χ1) is 8.72. The predicted octanol–water partition coefficient (Wildman–Crippen LogP) is 1.51. The number of nitrogens with zero attached hydrogens (tertiary/aromatic N) is 1. The molecule has 0 spiro atoms. The lowest BCUT2D eigenvalue weighted by atomic mass is 9.79. The van der Waals surface area contributed by atoms with Gasteiger partial charge >= 0.3 is 0 Å². The Balaban J connectivity index is 2.11. The van der Waals surface area contributed by atoms with Crippen LogP contribution in [0.25, 0.3) is 0 Å². The van der Waals surface area contributed by atoms with Gasteiger partial charge in [0, 0.05) is 24.7 Å². The largest absolute Gasteiger partial charge is 0.379 e. The summed E-state index contributed by atoms with van der Waals surface area (Å²) in [6.45, 7) is 8.45. The van der Waals surface area contributed by atoms with Crippen molar-refractivity contribution in [2.45, 2.75) is 57.5 Å².